The van der Waals surface area contributed by atoms with E-state index in [4.69, 9.17) is 0 Å². The Balaban J connectivity index is 0. The number of ether oxygens (including phenoxy) is 1. The molecule has 0 heterocycles. The molecule has 0 saturated heterocycles. The van der Waals surface area contributed by atoms with Gasteiger partial charge in [0.25, 0.3) is 0 Å². The molecule has 15 heteroatoms. The van der Waals surface area contributed by atoms with Crippen molar-refractivity contribution in [1.82, 2.24) is 0 Å². The molecule has 0 aliphatic carbocycles. The van der Waals surface area contributed by atoms with Gasteiger partial charge >= 0.3 is 24.9 Å². The summed E-state index contributed by atoms with van der Waals surface area (Å²) in [5.41, 5.74) is 2.54. The Bertz CT molecular complexity index is 702. The fourth-order valence-corrected chi connectivity index (χ4v) is 2.78. The van der Waals surface area contributed by atoms with Gasteiger partial charge in [-0.25, -0.2) is 9.18 Å². The van der Waals surface area contributed by atoms with Crippen LogP contribution in [0.4, 0.5) is 58.8 Å². The average Bonchev–Trinajstić information content (AvgIpc) is 2.65. The van der Waals surface area contributed by atoms with Crippen LogP contribution in [0.5, 0.6) is 0 Å². The van der Waals surface area contributed by atoms with E-state index in [0.717, 1.165) is 10.1 Å². The van der Waals surface area contributed by atoms with Crippen molar-refractivity contribution in [2.45, 2.75) is 31.8 Å². The molecule has 3 nitrogen and oxygen atoms in total. The number of alkyl halides is 10. The van der Waals surface area contributed by atoms with E-state index < -0.39 is 46.2 Å². The molecule has 0 spiro atoms. The zero-order valence-electron chi connectivity index (χ0n) is 16.9. The molecule has 0 aliphatic rings. The lowest BCUT2D eigenvalue weighted by molar-refractivity contribution is -0.352. The second-order valence-electron chi connectivity index (χ2n) is 6.39. The standard InChI is InChI=1S/C12H16FNOSi.C3H2F6O.C2H2F4/c1-5-16(3,4)11-8-6-7-10(9-11)14(2)12(13)15;4-2(5,6)1-10-3(7,8)9;3-1-2(4,5)6/h5-9H,1H2,2-4H3;1H2;1H2. The quantitative estimate of drug-likeness (QED) is 0.203. The van der Waals surface area contributed by atoms with Gasteiger partial charge in [0.05, 0.1) is 0 Å². The van der Waals surface area contributed by atoms with Gasteiger partial charge in [-0.15, -0.1) is 24.1 Å². The highest BCUT2D eigenvalue weighted by Crippen LogP contribution is 2.22. The van der Waals surface area contributed by atoms with Crippen molar-refractivity contribution in [2.75, 3.05) is 25.2 Å². The first kappa shape index (κ1) is 32.0. The minimum absolute atomic E-state index is 0.576. The lowest BCUT2D eigenvalue weighted by atomic mass is 10.3. The number of halogens is 11. The van der Waals surface area contributed by atoms with Crippen LogP contribution in [0.15, 0.2) is 36.5 Å². The molecule has 0 atom stereocenters. The van der Waals surface area contributed by atoms with E-state index in [9.17, 15) is 53.1 Å². The van der Waals surface area contributed by atoms with Crippen LogP contribution in [-0.4, -0.2) is 53.3 Å². The minimum atomic E-state index is -5.21. The van der Waals surface area contributed by atoms with E-state index in [1.54, 1.807) is 6.07 Å². The van der Waals surface area contributed by atoms with Gasteiger partial charge in [0, 0.05) is 12.7 Å². The van der Waals surface area contributed by atoms with Gasteiger partial charge in [0.15, 0.2) is 13.3 Å². The lowest BCUT2D eigenvalue weighted by Crippen LogP contribution is -2.39. The van der Waals surface area contributed by atoms with E-state index in [2.05, 4.69) is 24.4 Å². The van der Waals surface area contributed by atoms with E-state index >= 15 is 0 Å². The molecule has 1 rings (SSSR count). The fourth-order valence-electron chi connectivity index (χ4n) is 1.50. The van der Waals surface area contributed by atoms with Crippen LogP contribution in [0.25, 0.3) is 0 Å². The van der Waals surface area contributed by atoms with E-state index in [1.807, 2.05) is 23.9 Å². The van der Waals surface area contributed by atoms with Crippen molar-refractivity contribution in [3.63, 3.8) is 0 Å². The number of rotatable bonds is 4. The zero-order valence-corrected chi connectivity index (χ0v) is 17.9. The van der Waals surface area contributed by atoms with Crippen molar-refractivity contribution >= 4 is 25.1 Å². The second kappa shape index (κ2) is 12.8. The van der Waals surface area contributed by atoms with Crippen molar-refractivity contribution in [1.29, 1.82) is 0 Å². The maximum absolute atomic E-state index is 12.6. The number of hydrogen-bond donors (Lipinski definition) is 0. The molecule has 0 N–H and O–H groups in total. The molecule has 186 valence electrons. The van der Waals surface area contributed by atoms with Gasteiger partial charge in [-0.3, -0.25) is 9.64 Å². The van der Waals surface area contributed by atoms with Gasteiger partial charge in [0.2, 0.25) is 0 Å². The molecular formula is C17H20F11NO2Si. The lowest BCUT2D eigenvalue weighted by Gasteiger charge is -2.20. The first-order chi connectivity index (χ1) is 14.1. The molecule has 0 aliphatic heterocycles. The second-order valence-corrected chi connectivity index (χ2v) is 10.8. The minimum Gasteiger partial charge on any atom is -0.287 e. The fraction of sp³-hybridized carbons (Fsp3) is 0.471. The van der Waals surface area contributed by atoms with Crippen LogP contribution in [0.1, 0.15) is 0 Å². The number of carbonyl (C=O) groups is 1. The maximum atomic E-state index is 12.6. The molecule has 0 bridgehead atoms. The largest absolute Gasteiger partial charge is 0.522 e. The third kappa shape index (κ3) is 16.5. The van der Waals surface area contributed by atoms with Crippen LogP contribution in [0.2, 0.25) is 13.1 Å². The third-order valence-electron chi connectivity index (χ3n) is 3.30. The number of amides is 1. The van der Waals surface area contributed by atoms with Crippen molar-refractivity contribution in [2.24, 2.45) is 0 Å². The molecule has 1 aromatic carbocycles. The van der Waals surface area contributed by atoms with Gasteiger partial charge in [-0.1, -0.05) is 36.1 Å². The Morgan fingerprint density at radius 2 is 1.53 bits per heavy atom. The summed E-state index contributed by atoms with van der Waals surface area (Å²) in [6, 6.07) is 7.40. The number of nitrogens with zero attached hydrogens (tertiary/aromatic N) is 1. The summed E-state index contributed by atoms with van der Waals surface area (Å²) in [7, 11) is -0.241. The summed E-state index contributed by atoms with van der Waals surface area (Å²) >= 11 is 0. The molecule has 0 aromatic heterocycles. The number of benzene rings is 1. The maximum Gasteiger partial charge on any atom is 0.522 e. The summed E-state index contributed by atoms with van der Waals surface area (Å²) in [5.74, 6) is 0. The molecule has 0 unspecified atom stereocenters. The van der Waals surface area contributed by atoms with Crippen LogP contribution in [0, 0.1) is 0 Å². The van der Waals surface area contributed by atoms with Gasteiger partial charge in [-0.2, -0.15) is 26.3 Å². The first-order valence-electron chi connectivity index (χ1n) is 8.22. The van der Waals surface area contributed by atoms with Gasteiger partial charge in [-0.05, 0) is 12.1 Å². The summed E-state index contributed by atoms with van der Waals surface area (Å²) < 4.78 is 122. The van der Waals surface area contributed by atoms with Crippen LogP contribution >= 0.6 is 0 Å². The molecule has 0 saturated carbocycles. The monoisotopic (exact) mass is 507 g/mol. The van der Waals surface area contributed by atoms with E-state index in [1.165, 1.54) is 7.05 Å². The average molecular weight is 507 g/mol. The van der Waals surface area contributed by atoms with Gasteiger partial charge < -0.3 is 0 Å². The van der Waals surface area contributed by atoms with Crippen molar-refractivity contribution in [3.8, 4) is 0 Å². The molecular weight excluding hydrogens is 487 g/mol. The van der Waals surface area contributed by atoms with Gasteiger partial charge in [0.1, 0.15) is 8.07 Å². The number of anilines is 1. The topological polar surface area (TPSA) is 29.5 Å². The summed E-state index contributed by atoms with van der Waals surface area (Å²) in [5, 5.41) is 1.13. The normalized spacial score (nSPS) is 12.1. The van der Waals surface area contributed by atoms with Crippen LogP contribution in [-0.2, 0) is 4.74 Å². The molecule has 0 radical (unpaired) electrons. The predicted molar refractivity (Wildman–Crippen MR) is 98.8 cm³/mol. The SMILES string of the molecule is C=C[Si](C)(C)c1cccc(N(C)C(=O)F)c1.FC(F)(F)COC(F)(F)F.FCC(F)(F)F. The van der Waals surface area contributed by atoms with Crippen LogP contribution < -0.4 is 10.1 Å². The highest BCUT2D eigenvalue weighted by atomic mass is 28.3. The number of carbonyl (C=O) groups excluding carboxylic acids is 1. The zero-order chi connectivity index (χ0) is 26.0. The van der Waals surface area contributed by atoms with Crippen molar-refractivity contribution < 1.29 is 57.8 Å². The molecule has 1 amide bonds. The van der Waals surface area contributed by atoms with Crippen LogP contribution in [0.3, 0.4) is 0 Å². The Morgan fingerprint density at radius 3 is 1.81 bits per heavy atom. The highest BCUT2D eigenvalue weighted by Gasteiger charge is 2.37. The summed E-state index contributed by atoms with van der Waals surface area (Å²) in [6.45, 7) is 3.60. The Labute approximate surface area is 177 Å². The number of hydrogen-bond acceptors (Lipinski definition) is 2. The Morgan fingerprint density at radius 1 is 1.06 bits per heavy atom. The molecule has 0 fully saturated rings. The van der Waals surface area contributed by atoms with Crippen molar-refractivity contribution in [3.05, 3.63) is 36.5 Å². The predicted octanol–water partition coefficient (Wildman–Crippen LogP) is 6.46. The molecule has 32 heavy (non-hydrogen) atoms. The van der Waals surface area contributed by atoms with E-state index in [-0.39, 0.29) is 0 Å². The highest BCUT2D eigenvalue weighted by molar-refractivity contribution is 6.93. The first-order valence-corrected chi connectivity index (χ1v) is 11.3. The Hall–Kier alpha value is -2.16. The Kier molecular flexibility index (Phi) is 12.8. The smallest absolute Gasteiger partial charge is 0.287 e. The summed E-state index contributed by atoms with van der Waals surface area (Å²) in [6.07, 6.45) is -16.2. The molecule has 1 aromatic rings. The summed E-state index contributed by atoms with van der Waals surface area (Å²) in [4.78, 5) is 11.6. The third-order valence-corrected chi connectivity index (χ3v) is 6.12. The van der Waals surface area contributed by atoms with E-state index in [0.29, 0.717) is 5.69 Å².